The first kappa shape index (κ1) is 16.8. The molecule has 1 aromatic carbocycles. The minimum absolute atomic E-state index is 0.0587. The summed E-state index contributed by atoms with van der Waals surface area (Å²) in [4.78, 5) is 19.0. The van der Waals surface area contributed by atoms with Crippen molar-refractivity contribution in [3.63, 3.8) is 0 Å². The number of aromatic amines is 1. The second kappa shape index (κ2) is 5.81. The maximum atomic E-state index is 11.2. The van der Waals surface area contributed by atoms with Crippen LogP contribution in [0.5, 0.6) is 5.75 Å². The lowest BCUT2D eigenvalue weighted by atomic mass is 10.0. The number of halogens is 1. The van der Waals surface area contributed by atoms with Gasteiger partial charge in [0.25, 0.3) is 0 Å². The van der Waals surface area contributed by atoms with Gasteiger partial charge >= 0.3 is 0 Å². The number of aromatic nitrogens is 2. The van der Waals surface area contributed by atoms with Gasteiger partial charge < -0.3 is 9.72 Å². The summed E-state index contributed by atoms with van der Waals surface area (Å²) in [6.45, 7) is 7.90. The van der Waals surface area contributed by atoms with Crippen LogP contribution in [-0.2, 0) is 4.79 Å². The van der Waals surface area contributed by atoms with Crippen molar-refractivity contribution in [2.24, 2.45) is 5.41 Å². The lowest BCUT2D eigenvalue weighted by Crippen LogP contribution is -2.07. The van der Waals surface area contributed by atoms with E-state index in [0.717, 1.165) is 22.7 Å². The third-order valence-corrected chi connectivity index (χ3v) is 5.05. The molecule has 6 heteroatoms. The van der Waals surface area contributed by atoms with Crippen LogP contribution in [0.15, 0.2) is 18.2 Å². The highest BCUT2D eigenvalue weighted by Crippen LogP contribution is 2.70. The minimum Gasteiger partial charge on any atom is -0.497 e. The highest BCUT2D eigenvalue weighted by Gasteiger charge is 2.60. The molecule has 0 aliphatic heterocycles. The van der Waals surface area contributed by atoms with Gasteiger partial charge in [0, 0.05) is 23.6 Å². The lowest BCUT2D eigenvalue weighted by molar-refractivity contribution is -0.114. The Morgan fingerprint density at radius 2 is 2.04 bits per heavy atom. The molecule has 128 valence electrons. The number of anilines is 1. The average molecular weight is 348 g/mol. The van der Waals surface area contributed by atoms with Gasteiger partial charge in [-0.05, 0) is 42.0 Å². The Hall–Kier alpha value is -2.01. The SMILES string of the molecule is COc1cc(Cl)cc([C@@H]2[C@@H](c3nc(NC(C)=O)[nH]c3C)C2(C)C)c1. The Morgan fingerprint density at radius 3 is 2.67 bits per heavy atom. The molecule has 5 nitrogen and oxygen atoms in total. The molecule has 2 aromatic rings. The molecule has 0 saturated heterocycles. The molecule has 1 amide bonds. The van der Waals surface area contributed by atoms with E-state index in [2.05, 4.69) is 29.1 Å². The number of carbonyl (C=O) groups is 1. The number of ether oxygens (including phenoxy) is 1. The molecular formula is C18H22ClN3O2. The molecule has 1 aromatic heterocycles. The van der Waals surface area contributed by atoms with Crippen molar-refractivity contribution in [1.82, 2.24) is 9.97 Å². The molecule has 2 N–H and O–H groups in total. The maximum absolute atomic E-state index is 11.2. The first-order valence-electron chi connectivity index (χ1n) is 7.92. The quantitative estimate of drug-likeness (QED) is 0.869. The van der Waals surface area contributed by atoms with Gasteiger partial charge in [0.15, 0.2) is 0 Å². The Bertz CT molecular complexity index is 798. The zero-order valence-electron chi connectivity index (χ0n) is 14.5. The van der Waals surface area contributed by atoms with Gasteiger partial charge in [-0.15, -0.1) is 0 Å². The molecule has 1 heterocycles. The van der Waals surface area contributed by atoms with E-state index in [9.17, 15) is 4.79 Å². The van der Waals surface area contributed by atoms with Crippen molar-refractivity contribution in [3.05, 3.63) is 40.2 Å². The van der Waals surface area contributed by atoms with Gasteiger partial charge in [-0.2, -0.15) is 0 Å². The van der Waals surface area contributed by atoms with Gasteiger partial charge in [-0.1, -0.05) is 25.4 Å². The molecule has 0 unspecified atom stereocenters. The summed E-state index contributed by atoms with van der Waals surface area (Å²) in [5, 5.41) is 3.38. The second-order valence-corrected chi connectivity index (χ2v) is 7.41. The van der Waals surface area contributed by atoms with Crippen LogP contribution in [0.4, 0.5) is 5.95 Å². The summed E-state index contributed by atoms with van der Waals surface area (Å²) in [6.07, 6.45) is 0. The van der Waals surface area contributed by atoms with Gasteiger partial charge in [-0.3, -0.25) is 10.1 Å². The molecule has 2 atom stereocenters. The summed E-state index contributed by atoms with van der Waals surface area (Å²) in [6, 6.07) is 5.84. The number of methoxy groups -OCH3 is 1. The highest BCUT2D eigenvalue weighted by molar-refractivity contribution is 6.30. The van der Waals surface area contributed by atoms with Crippen LogP contribution in [0.25, 0.3) is 0 Å². The molecule has 1 aliphatic rings. The normalized spacial score (nSPS) is 21.4. The van der Waals surface area contributed by atoms with E-state index in [1.54, 1.807) is 7.11 Å². The Balaban J connectivity index is 1.94. The maximum Gasteiger partial charge on any atom is 0.223 e. The number of aryl methyl sites for hydroxylation is 1. The van der Waals surface area contributed by atoms with Gasteiger partial charge in [-0.25, -0.2) is 4.98 Å². The summed E-state index contributed by atoms with van der Waals surface area (Å²) in [5.74, 6) is 1.69. The molecule has 1 fully saturated rings. The van der Waals surface area contributed by atoms with Crippen molar-refractivity contribution in [2.75, 3.05) is 12.4 Å². The standard InChI is InChI=1S/C18H22ClN3O2/c1-9-16(22-17(20-9)21-10(2)23)15-14(18(15,3)4)11-6-12(19)8-13(7-11)24-5/h6-8,14-15H,1-5H3,(H2,20,21,22,23)/t14-,15+/m1/s1. The third kappa shape index (κ3) is 2.88. The molecule has 1 aliphatic carbocycles. The van der Waals surface area contributed by atoms with Crippen LogP contribution in [0.1, 0.15) is 49.6 Å². The number of nitrogens with zero attached hydrogens (tertiary/aromatic N) is 1. The van der Waals surface area contributed by atoms with Crippen LogP contribution in [0.3, 0.4) is 0 Å². The van der Waals surface area contributed by atoms with Gasteiger partial charge in [0.1, 0.15) is 5.75 Å². The number of H-pyrrole nitrogens is 1. The fraction of sp³-hybridized carbons (Fsp3) is 0.444. The van der Waals surface area contributed by atoms with Crippen molar-refractivity contribution < 1.29 is 9.53 Å². The smallest absolute Gasteiger partial charge is 0.223 e. The second-order valence-electron chi connectivity index (χ2n) is 6.98. The number of carbonyl (C=O) groups excluding carboxylic acids is 1. The third-order valence-electron chi connectivity index (χ3n) is 4.83. The van der Waals surface area contributed by atoms with E-state index in [4.69, 9.17) is 16.3 Å². The average Bonchev–Trinajstić information content (AvgIpc) is 2.86. The molecule has 3 rings (SSSR count). The summed E-state index contributed by atoms with van der Waals surface area (Å²) in [5.41, 5.74) is 3.18. The number of hydrogen-bond donors (Lipinski definition) is 2. The largest absolute Gasteiger partial charge is 0.497 e. The fourth-order valence-corrected chi connectivity index (χ4v) is 3.89. The Morgan fingerprint density at radius 1 is 1.33 bits per heavy atom. The summed E-state index contributed by atoms with van der Waals surface area (Å²) < 4.78 is 5.34. The van der Waals surface area contributed by atoms with Crippen LogP contribution in [-0.4, -0.2) is 23.0 Å². The first-order valence-corrected chi connectivity index (χ1v) is 8.30. The van der Waals surface area contributed by atoms with E-state index >= 15 is 0 Å². The fourth-order valence-electron chi connectivity index (χ4n) is 3.65. The Labute approximate surface area is 146 Å². The van der Waals surface area contributed by atoms with Crippen LogP contribution < -0.4 is 10.1 Å². The number of rotatable bonds is 4. The van der Waals surface area contributed by atoms with Crippen LogP contribution in [0.2, 0.25) is 5.02 Å². The van der Waals surface area contributed by atoms with Crippen LogP contribution >= 0.6 is 11.6 Å². The van der Waals surface area contributed by atoms with E-state index < -0.39 is 0 Å². The molecule has 24 heavy (non-hydrogen) atoms. The van der Waals surface area contributed by atoms with Crippen molar-refractivity contribution >= 4 is 23.5 Å². The zero-order valence-corrected chi connectivity index (χ0v) is 15.3. The minimum atomic E-state index is -0.138. The van der Waals surface area contributed by atoms with Crippen molar-refractivity contribution in [2.45, 2.75) is 39.5 Å². The molecule has 0 radical (unpaired) electrons. The molecule has 0 bridgehead atoms. The Kier molecular flexibility index (Phi) is 4.08. The van der Waals surface area contributed by atoms with E-state index in [0.29, 0.717) is 16.9 Å². The topological polar surface area (TPSA) is 67.0 Å². The van der Waals surface area contributed by atoms with Crippen LogP contribution in [0, 0.1) is 12.3 Å². The number of nitrogens with one attached hydrogen (secondary N) is 2. The van der Waals surface area contributed by atoms with Crippen molar-refractivity contribution in [3.8, 4) is 5.75 Å². The predicted octanol–water partition coefficient (Wildman–Crippen LogP) is 4.25. The number of benzene rings is 1. The molecular weight excluding hydrogens is 326 g/mol. The summed E-state index contributed by atoms with van der Waals surface area (Å²) in [7, 11) is 1.64. The molecule has 1 saturated carbocycles. The van der Waals surface area contributed by atoms with Gasteiger partial charge in [0.05, 0.1) is 12.8 Å². The highest BCUT2D eigenvalue weighted by atomic mass is 35.5. The van der Waals surface area contributed by atoms with E-state index in [1.165, 1.54) is 6.92 Å². The monoisotopic (exact) mass is 347 g/mol. The number of amides is 1. The van der Waals surface area contributed by atoms with Crippen molar-refractivity contribution in [1.29, 1.82) is 0 Å². The lowest BCUT2D eigenvalue weighted by Gasteiger charge is -2.07. The zero-order chi connectivity index (χ0) is 17.6. The predicted molar refractivity (Wildman–Crippen MR) is 94.9 cm³/mol. The summed E-state index contributed by atoms with van der Waals surface area (Å²) >= 11 is 6.23. The van der Waals surface area contributed by atoms with E-state index in [1.807, 2.05) is 25.1 Å². The number of hydrogen-bond acceptors (Lipinski definition) is 3. The molecule has 0 spiro atoms. The first-order chi connectivity index (χ1) is 11.2. The van der Waals surface area contributed by atoms with E-state index in [-0.39, 0.29) is 17.2 Å². The number of imidazole rings is 1. The van der Waals surface area contributed by atoms with Gasteiger partial charge in [0.2, 0.25) is 11.9 Å².